The van der Waals surface area contributed by atoms with E-state index in [1.807, 2.05) is 30.3 Å². The number of phenolic OH excluding ortho intramolecular Hbond substituents is 1. The SMILES string of the molecule is C=CC(C=C)(Oc1ccc(O)cc1C(C)(C)C)c1ccccc1. The summed E-state index contributed by atoms with van der Waals surface area (Å²) in [4.78, 5) is 0. The first kappa shape index (κ1) is 16.9. The summed E-state index contributed by atoms with van der Waals surface area (Å²) in [6.07, 6.45) is 3.49. The van der Waals surface area contributed by atoms with Crippen LogP contribution in [0.25, 0.3) is 0 Å². The van der Waals surface area contributed by atoms with Gasteiger partial charge in [0, 0.05) is 11.1 Å². The largest absolute Gasteiger partial charge is 0.508 e. The molecule has 2 rings (SSSR count). The second-order valence-electron chi connectivity index (χ2n) is 6.60. The Hall–Kier alpha value is -2.48. The van der Waals surface area contributed by atoms with E-state index in [4.69, 9.17) is 4.74 Å². The van der Waals surface area contributed by atoms with Gasteiger partial charge < -0.3 is 9.84 Å². The molecule has 0 radical (unpaired) electrons. The molecule has 0 aliphatic carbocycles. The lowest BCUT2D eigenvalue weighted by Crippen LogP contribution is -2.29. The van der Waals surface area contributed by atoms with Gasteiger partial charge in [0.15, 0.2) is 5.60 Å². The van der Waals surface area contributed by atoms with Gasteiger partial charge >= 0.3 is 0 Å². The molecule has 2 heteroatoms. The molecule has 0 aliphatic rings. The zero-order valence-corrected chi connectivity index (χ0v) is 14.0. The maximum Gasteiger partial charge on any atom is 0.170 e. The van der Waals surface area contributed by atoms with Gasteiger partial charge in [-0.15, -0.1) is 0 Å². The lowest BCUT2D eigenvalue weighted by atomic mass is 9.85. The van der Waals surface area contributed by atoms with Gasteiger partial charge in [-0.2, -0.15) is 0 Å². The molecule has 2 aromatic rings. The molecular formula is C21H24O2. The molecule has 0 unspecified atom stereocenters. The van der Waals surface area contributed by atoms with Crippen molar-refractivity contribution < 1.29 is 9.84 Å². The average Bonchev–Trinajstić information content (AvgIpc) is 2.54. The third kappa shape index (κ3) is 3.48. The van der Waals surface area contributed by atoms with Crippen molar-refractivity contribution in [3.8, 4) is 11.5 Å². The van der Waals surface area contributed by atoms with Crippen molar-refractivity contribution in [2.75, 3.05) is 0 Å². The van der Waals surface area contributed by atoms with Gasteiger partial charge in [0.1, 0.15) is 11.5 Å². The monoisotopic (exact) mass is 308 g/mol. The summed E-state index contributed by atoms with van der Waals surface area (Å²) in [5.74, 6) is 0.934. The molecule has 2 aromatic carbocycles. The Balaban J connectivity index is 2.55. The normalized spacial score (nSPS) is 11.8. The maximum absolute atomic E-state index is 9.83. The molecule has 0 heterocycles. The summed E-state index contributed by atoms with van der Waals surface area (Å²) in [7, 11) is 0. The van der Waals surface area contributed by atoms with Crippen LogP contribution in [0.2, 0.25) is 0 Å². The van der Waals surface area contributed by atoms with Gasteiger partial charge in [-0.25, -0.2) is 0 Å². The minimum Gasteiger partial charge on any atom is -0.508 e. The molecule has 0 aliphatic heterocycles. The molecule has 0 saturated heterocycles. The summed E-state index contributed by atoms with van der Waals surface area (Å²) in [6, 6.07) is 15.0. The zero-order valence-electron chi connectivity index (χ0n) is 14.0. The molecule has 0 saturated carbocycles. The van der Waals surface area contributed by atoms with Crippen LogP contribution in [-0.2, 0) is 11.0 Å². The van der Waals surface area contributed by atoms with E-state index in [-0.39, 0.29) is 11.2 Å². The first-order chi connectivity index (χ1) is 10.8. The summed E-state index contributed by atoms with van der Waals surface area (Å²) in [5, 5.41) is 9.83. The van der Waals surface area contributed by atoms with Gasteiger partial charge in [-0.1, -0.05) is 64.3 Å². The average molecular weight is 308 g/mol. The molecule has 0 spiro atoms. The van der Waals surface area contributed by atoms with Crippen LogP contribution in [0.3, 0.4) is 0 Å². The fourth-order valence-electron chi connectivity index (χ4n) is 2.53. The van der Waals surface area contributed by atoms with Crippen LogP contribution >= 0.6 is 0 Å². The fraction of sp³-hybridized carbons (Fsp3) is 0.238. The number of phenols is 1. The predicted molar refractivity (Wildman–Crippen MR) is 95.9 cm³/mol. The van der Waals surface area contributed by atoms with Gasteiger partial charge in [0.2, 0.25) is 0 Å². The van der Waals surface area contributed by atoms with E-state index in [1.165, 1.54) is 0 Å². The van der Waals surface area contributed by atoms with Crippen LogP contribution in [0.1, 0.15) is 31.9 Å². The van der Waals surface area contributed by atoms with E-state index >= 15 is 0 Å². The van der Waals surface area contributed by atoms with E-state index in [9.17, 15) is 5.11 Å². The Kier molecular flexibility index (Phi) is 4.65. The van der Waals surface area contributed by atoms with Crippen LogP contribution in [0.5, 0.6) is 11.5 Å². The second-order valence-corrected chi connectivity index (χ2v) is 6.60. The number of ether oxygens (including phenoxy) is 1. The number of hydrogen-bond donors (Lipinski definition) is 1. The molecule has 0 amide bonds. The molecule has 2 nitrogen and oxygen atoms in total. The number of benzene rings is 2. The quantitative estimate of drug-likeness (QED) is 0.756. The van der Waals surface area contributed by atoms with Crippen LogP contribution in [-0.4, -0.2) is 5.11 Å². The Morgan fingerprint density at radius 3 is 2.09 bits per heavy atom. The van der Waals surface area contributed by atoms with Gasteiger partial charge in [-0.3, -0.25) is 0 Å². The minimum atomic E-state index is -0.821. The molecule has 120 valence electrons. The summed E-state index contributed by atoms with van der Waals surface area (Å²) >= 11 is 0. The van der Waals surface area contributed by atoms with Gasteiger partial charge in [0.25, 0.3) is 0 Å². The van der Waals surface area contributed by atoms with Gasteiger partial charge in [0.05, 0.1) is 0 Å². The Bertz CT molecular complexity index is 686. The second kappa shape index (κ2) is 6.33. The first-order valence-corrected chi connectivity index (χ1v) is 7.67. The third-order valence-electron chi connectivity index (χ3n) is 3.88. The Morgan fingerprint density at radius 2 is 1.57 bits per heavy atom. The summed E-state index contributed by atoms with van der Waals surface area (Å²) in [6.45, 7) is 14.1. The Labute approximate surface area is 138 Å². The molecule has 0 atom stereocenters. The van der Waals surface area contributed by atoms with E-state index in [1.54, 1.807) is 30.4 Å². The highest BCUT2D eigenvalue weighted by Gasteiger charge is 2.30. The topological polar surface area (TPSA) is 29.5 Å². The van der Waals surface area contributed by atoms with Crippen LogP contribution < -0.4 is 4.74 Å². The minimum absolute atomic E-state index is 0.168. The van der Waals surface area contributed by atoms with E-state index in [2.05, 4.69) is 33.9 Å². The van der Waals surface area contributed by atoms with Crippen molar-refractivity contribution in [3.05, 3.63) is 85.0 Å². The van der Waals surface area contributed by atoms with Crippen molar-refractivity contribution in [3.63, 3.8) is 0 Å². The number of rotatable bonds is 5. The molecule has 0 fully saturated rings. The standard InChI is InChI=1S/C21H24O2/c1-6-21(7-2,16-11-9-8-10-12-16)23-19-14-13-17(22)15-18(19)20(3,4)5/h6-15,22H,1-2H2,3-5H3. The number of hydrogen-bond acceptors (Lipinski definition) is 2. The van der Waals surface area contributed by atoms with E-state index in [0.29, 0.717) is 5.75 Å². The smallest absolute Gasteiger partial charge is 0.170 e. The van der Waals surface area contributed by atoms with Crippen molar-refractivity contribution in [1.29, 1.82) is 0 Å². The fourth-order valence-corrected chi connectivity index (χ4v) is 2.53. The summed E-state index contributed by atoms with van der Waals surface area (Å²) in [5.41, 5.74) is 0.899. The zero-order chi connectivity index (χ0) is 17.1. The van der Waals surface area contributed by atoms with Crippen molar-refractivity contribution in [2.24, 2.45) is 0 Å². The first-order valence-electron chi connectivity index (χ1n) is 7.67. The van der Waals surface area contributed by atoms with Crippen LogP contribution in [0, 0.1) is 0 Å². The summed E-state index contributed by atoms with van der Waals surface area (Å²) < 4.78 is 6.35. The highest BCUT2D eigenvalue weighted by Crippen LogP contribution is 2.38. The lowest BCUT2D eigenvalue weighted by Gasteiger charge is -2.32. The van der Waals surface area contributed by atoms with Crippen molar-refractivity contribution in [1.82, 2.24) is 0 Å². The highest BCUT2D eigenvalue weighted by molar-refractivity contribution is 5.45. The molecule has 0 aromatic heterocycles. The Morgan fingerprint density at radius 1 is 0.957 bits per heavy atom. The van der Waals surface area contributed by atoms with Crippen LogP contribution in [0.15, 0.2) is 73.8 Å². The predicted octanol–water partition coefficient (Wildman–Crippen LogP) is 5.34. The lowest BCUT2D eigenvalue weighted by molar-refractivity contribution is 0.169. The van der Waals surface area contributed by atoms with E-state index in [0.717, 1.165) is 11.1 Å². The van der Waals surface area contributed by atoms with Crippen molar-refractivity contribution >= 4 is 0 Å². The molecular weight excluding hydrogens is 284 g/mol. The van der Waals surface area contributed by atoms with Crippen molar-refractivity contribution in [2.45, 2.75) is 31.8 Å². The molecule has 1 N–H and O–H groups in total. The molecule has 23 heavy (non-hydrogen) atoms. The van der Waals surface area contributed by atoms with Gasteiger partial charge in [-0.05, 0) is 35.8 Å². The maximum atomic E-state index is 9.83. The molecule has 0 bridgehead atoms. The van der Waals surface area contributed by atoms with Crippen LogP contribution in [0.4, 0.5) is 0 Å². The number of aromatic hydroxyl groups is 1. The third-order valence-corrected chi connectivity index (χ3v) is 3.88. The van der Waals surface area contributed by atoms with E-state index < -0.39 is 5.60 Å². The highest BCUT2D eigenvalue weighted by atomic mass is 16.5.